The first-order valence-corrected chi connectivity index (χ1v) is 19.7. The maximum absolute atomic E-state index is 5.49. The Kier molecular flexibility index (Phi) is 15.9. The first-order chi connectivity index (χ1) is 23.7. The molecule has 4 aromatic carbocycles. The van der Waals surface area contributed by atoms with E-state index in [9.17, 15) is 0 Å². The molecule has 10 radical (unpaired) electrons. The Hall–Kier alpha value is -1.86. The maximum Gasteiger partial charge on any atom is 0.0594 e. The Morgan fingerprint density at radius 3 is 1.53 bits per heavy atom. The average Bonchev–Trinajstić information content (AvgIpc) is 3.87. The number of benzene rings is 4. The zero-order valence-electron chi connectivity index (χ0n) is 28.5. The van der Waals surface area contributed by atoms with E-state index in [1.54, 1.807) is 0 Å². The number of ether oxygens (including phenoxy) is 1. The molecular weight excluding hydrogens is 678 g/mol. The van der Waals surface area contributed by atoms with Crippen molar-refractivity contribution in [1.82, 2.24) is 9.80 Å². The molecule has 49 heavy (non-hydrogen) atoms. The third-order valence-corrected chi connectivity index (χ3v) is 14.0. The van der Waals surface area contributed by atoms with Crippen LogP contribution in [-0.2, 0) is 21.8 Å². The molecule has 1 aliphatic heterocycles. The minimum atomic E-state index is -0.562. The number of likely N-dealkylation sites (N-methyl/N-ethyl adjacent to an activating group) is 1. The van der Waals surface area contributed by atoms with Gasteiger partial charge < -0.3 is 9.64 Å². The van der Waals surface area contributed by atoms with Crippen LogP contribution in [-0.4, -0.2) is 62.3 Å². The molecule has 0 unspecified atom stereocenters. The van der Waals surface area contributed by atoms with Gasteiger partial charge in [0.1, 0.15) is 0 Å². The number of rotatable bonds is 11. The minimum Gasteiger partial charge on any atom is -0.379 e. The van der Waals surface area contributed by atoms with E-state index in [-0.39, 0.29) is 17.1 Å². The Morgan fingerprint density at radius 2 is 1.06 bits per heavy atom. The van der Waals surface area contributed by atoms with E-state index in [1.165, 1.54) is 38.5 Å². The molecule has 4 aromatic rings. The van der Waals surface area contributed by atoms with Gasteiger partial charge >= 0.3 is 0 Å². The molecule has 3 aliphatic rings. The molecule has 6 heteroatoms. The summed E-state index contributed by atoms with van der Waals surface area (Å²) in [5, 5.41) is 5.64. The second-order valence-corrected chi connectivity index (χ2v) is 16.5. The van der Waals surface area contributed by atoms with Gasteiger partial charge in [0.05, 0.1) is 13.2 Å². The smallest absolute Gasteiger partial charge is 0.0594 e. The molecule has 252 valence electrons. The fourth-order valence-corrected chi connectivity index (χ4v) is 11.1. The van der Waals surface area contributed by atoms with E-state index in [4.69, 9.17) is 4.74 Å². The summed E-state index contributed by atoms with van der Waals surface area (Å²) in [6.07, 6.45) is 15.6. The summed E-state index contributed by atoms with van der Waals surface area (Å²) in [5.74, 6) is 1.46. The first kappa shape index (κ1) is 38.4. The fraction of sp³-hybridized carbons (Fsp3) is 0.209. The topological polar surface area (TPSA) is 15.7 Å². The standard InChI is InChI=1S/C26H32N2OP.C17H14P.Fe/c1-22(27(2)16-17-28-18-20-29-21-19-28)25-14-9-15-26(25)30(23-10-5-3-6-11-23)24-12-7-4-8-13-24;1-3-9-15(10-4-1)18(17-13-7-8-14-17)16-11-5-2-6-12-16;/h3-15,22H,16-21H2,1-2H3;1-14H;/t22-;;/m0../s1. The molecule has 0 N–H and O–H groups in total. The van der Waals surface area contributed by atoms with Crippen molar-refractivity contribution in [2.24, 2.45) is 0 Å². The Labute approximate surface area is 310 Å². The maximum atomic E-state index is 5.49. The van der Waals surface area contributed by atoms with Gasteiger partial charge in [0.25, 0.3) is 0 Å². The second-order valence-electron chi connectivity index (χ2n) is 12.1. The third-order valence-electron chi connectivity index (χ3n) is 9.01. The monoisotopic (exact) mass is 724 g/mol. The molecule has 2 aliphatic carbocycles. The normalized spacial score (nSPS) is 18.4. The zero-order valence-corrected chi connectivity index (χ0v) is 31.4. The van der Waals surface area contributed by atoms with Crippen molar-refractivity contribution in [3.05, 3.63) is 184 Å². The molecule has 1 saturated heterocycles. The molecule has 0 aromatic heterocycles. The van der Waals surface area contributed by atoms with Gasteiger partial charge in [0, 0.05) is 66.5 Å². The quantitative estimate of drug-likeness (QED) is 0.123. The van der Waals surface area contributed by atoms with Gasteiger partial charge in [0.15, 0.2) is 0 Å². The molecule has 1 atom stereocenters. The summed E-state index contributed by atoms with van der Waals surface area (Å²) in [7, 11) is 1.29. The van der Waals surface area contributed by atoms with Crippen molar-refractivity contribution < 1.29 is 21.8 Å². The number of nitrogens with zero attached hydrogens (tertiary/aromatic N) is 2. The van der Waals surface area contributed by atoms with Crippen molar-refractivity contribution in [3.63, 3.8) is 0 Å². The van der Waals surface area contributed by atoms with Crippen LogP contribution >= 0.6 is 15.8 Å². The van der Waals surface area contributed by atoms with Gasteiger partial charge in [-0.25, -0.2) is 0 Å². The van der Waals surface area contributed by atoms with Crippen LogP contribution in [0.25, 0.3) is 0 Å². The minimum absolute atomic E-state index is 0. The van der Waals surface area contributed by atoms with Crippen LogP contribution in [0.2, 0.25) is 0 Å². The molecular formula is C43H46FeN2OP2. The molecule has 0 spiro atoms. The van der Waals surface area contributed by atoms with Crippen LogP contribution in [0.1, 0.15) is 6.92 Å². The van der Waals surface area contributed by atoms with Crippen molar-refractivity contribution in [3.8, 4) is 0 Å². The van der Waals surface area contributed by atoms with Gasteiger partial charge in [-0.2, -0.15) is 0 Å². The van der Waals surface area contributed by atoms with Gasteiger partial charge in [0.2, 0.25) is 0 Å². The van der Waals surface area contributed by atoms with Crippen molar-refractivity contribution in [1.29, 1.82) is 0 Å². The van der Waals surface area contributed by atoms with Crippen LogP contribution < -0.4 is 21.2 Å². The van der Waals surface area contributed by atoms with Gasteiger partial charge in [-0.05, 0) is 96.0 Å². The number of hydrogen-bond acceptors (Lipinski definition) is 3. The van der Waals surface area contributed by atoms with Crippen molar-refractivity contribution >= 4 is 37.1 Å². The van der Waals surface area contributed by atoms with Crippen LogP contribution in [0, 0.1) is 62.2 Å². The van der Waals surface area contributed by atoms with Crippen LogP contribution in [0.5, 0.6) is 0 Å². The largest absolute Gasteiger partial charge is 0.379 e. The second kappa shape index (κ2) is 20.2. The van der Waals surface area contributed by atoms with E-state index in [1.807, 2.05) is 0 Å². The Balaban J connectivity index is 0.000000210. The Bertz CT molecular complexity index is 1370. The molecule has 3 nitrogen and oxygen atoms in total. The summed E-state index contributed by atoms with van der Waals surface area (Å²) in [6, 6.07) is 43.9. The van der Waals surface area contributed by atoms with E-state index in [0.29, 0.717) is 6.04 Å². The average molecular weight is 725 g/mol. The fourth-order valence-electron chi connectivity index (χ4n) is 6.23. The molecule has 7 rings (SSSR count). The molecule has 1 heterocycles. The van der Waals surface area contributed by atoms with Crippen LogP contribution in [0.3, 0.4) is 0 Å². The van der Waals surface area contributed by atoms with Gasteiger partial charge in [-0.1, -0.05) is 121 Å². The summed E-state index contributed by atoms with van der Waals surface area (Å²) < 4.78 is 5.49. The van der Waals surface area contributed by atoms with Crippen LogP contribution in [0.15, 0.2) is 121 Å². The number of hydrogen-bond donors (Lipinski definition) is 0. The molecule has 2 saturated carbocycles. The molecule has 0 bridgehead atoms. The summed E-state index contributed by atoms with van der Waals surface area (Å²) >= 11 is 0. The SMILES string of the molecule is C[C@@H]([C]1[CH][CH][CH][C]1P(c1ccccc1)c1ccccc1)N(C)CCN1CCOCC1.[CH]1[CH][CH][C](P(c2ccccc2)c2ccccc2)[CH]1.[Fe]. The van der Waals surface area contributed by atoms with E-state index < -0.39 is 15.8 Å². The summed E-state index contributed by atoms with van der Waals surface area (Å²) in [5.41, 5.74) is 2.90. The van der Waals surface area contributed by atoms with Gasteiger partial charge in [-0.3, -0.25) is 4.90 Å². The Morgan fingerprint density at radius 1 is 0.612 bits per heavy atom. The molecule has 0 amide bonds. The van der Waals surface area contributed by atoms with E-state index in [0.717, 1.165) is 39.4 Å². The summed E-state index contributed by atoms with van der Waals surface area (Å²) in [6.45, 7) is 8.36. The predicted octanol–water partition coefficient (Wildman–Crippen LogP) is 6.98. The number of morpholine rings is 1. The molecule has 3 fully saturated rings. The zero-order chi connectivity index (χ0) is 33.0. The van der Waals surface area contributed by atoms with Crippen molar-refractivity contribution in [2.45, 2.75) is 13.0 Å². The van der Waals surface area contributed by atoms with Gasteiger partial charge in [-0.15, -0.1) is 0 Å². The predicted molar refractivity (Wildman–Crippen MR) is 207 cm³/mol. The van der Waals surface area contributed by atoms with Crippen LogP contribution in [0.4, 0.5) is 0 Å². The van der Waals surface area contributed by atoms with E-state index >= 15 is 0 Å². The van der Waals surface area contributed by atoms with Crippen molar-refractivity contribution in [2.75, 3.05) is 46.4 Å². The third kappa shape index (κ3) is 10.6. The first-order valence-electron chi connectivity index (χ1n) is 17.0. The summed E-state index contributed by atoms with van der Waals surface area (Å²) in [4.78, 5) is 5.01. The van der Waals surface area contributed by atoms with E-state index in [2.05, 4.69) is 190 Å².